The maximum atomic E-state index is 12.6. The van der Waals surface area contributed by atoms with Crippen molar-refractivity contribution >= 4 is 34.8 Å². The number of hydrogen-bond acceptors (Lipinski definition) is 3. The van der Waals surface area contributed by atoms with Crippen molar-refractivity contribution in [2.24, 2.45) is 11.3 Å². The average Bonchev–Trinajstić information content (AvgIpc) is 2.34. The number of pyridine rings is 1. The van der Waals surface area contributed by atoms with Gasteiger partial charge in [-0.25, -0.2) is 0 Å². The minimum absolute atomic E-state index is 0.0355. The molecule has 2 unspecified atom stereocenters. The molecule has 0 aliphatic heterocycles. The third-order valence-electron chi connectivity index (χ3n) is 2.79. The highest BCUT2D eigenvalue weighted by molar-refractivity contribution is 8.11. The Morgan fingerprint density at radius 3 is 2.21 bits per heavy atom. The summed E-state index contributed by atoms with van der Waals surface area (Å²) in [5.74, 6) is -0.760. The van der Waals surface area contributed by atoms with E-state index in [9.17, 15) is 10.1 Å². The lowest BCUT2D eigenvalue weighted by Crippen LogP contribution is -2.51. The summed E-state index contributed by atoms with van der Waals surface area (Å²) in [6, 6.07) is 6.94. The summed E-state index contributed by atoms with van der Waals surface area (Å²) in [5.41, 5.74) is -0.554. The van der Waals surface area contributed by atoms with Crippen LogP contribution in [0.2, 0.25) is 0 Å². The summed E-state index contributed by atoms with van der Waals surface area (Å²) in [7, 11) is 0. The van der Waals surface area contributed by atoms with Crippen molar-refractivity contribution in [2.75, 3.05) is 0 Å². The average molecular weight is 293 g/mol. The first-order chi connectivity index (χ1) is 8.79. The minimum Gasteiger partial charge on any atom is -0.292 e. The van der Waals surface area contributed by atoms with Crippen LogP contribution in [0.1, 0.15) is 26.8 Å². The number of ketones is 1. The molecule has 0 radical (unpaired) electrons. The van der Waals surface area contributed by atoms with Crippen LogP contribution in [0.3, 0.4) is 0 Å². The molecular formula is C14H17N2OS2+. The van der Waals surface area contributed by atoms with Crippen LogP contribution < -0.4 is 4.57 Å². The molecule has 1 rings (SSSR count). The van der Waals surface area contributed by atoms with Gasteiger partial charge in [0.1, 0.15) is 0 Å². The summed E-state index contributed by atoms with van der Waals surface area (Å²) < 4.78 is 1.96. The lowest BCUT2D eigenvalue weighted by Gasteiger charge is -2.23. The highest BCUT2D eigenvalue weighted by Crippen LogP contribution is 2.27. The number of Topliss-reactive ketones (excluding diaryl/α,β-unsaturated/α-hetero) is 1. The van der Waals surface area contributed by atoms with Crippen molar-refractivity contribution in [3.8, 4) is 6.07 Å². The van der Waals surface area contributed by atoms with Gasteiger partial charge in [-0.15, -0.1) is 12.6 Å². The van der Waals surface area contributed by atoms with E-state index in [1.54, 1.807) is 17.0 Å². The van der Waals surface area contributed by atoms with Crippen LogP contribution in [0.25, 0.3) is 0 Å². The van der Waals surface area contributed by atoms with Crippen LogP contribution >= 0.6 is 24.8 Å². The van der Waals surface area contributed by atoms with Gasteiger partial charge in [-0.3, -0.25) is 4.79 Å². The Bertz CT molecular complexity index is 514. The van der Waals surface area contributed by atoms with Gasteiger partial charge in [0.15, 0.2) is 18.3 Å². The van der Waals surface area contributed by atoms with E-state index in [2.05, 4.69) is 18.7 Å². The maximum Gasteiger partial charge on any atom is 0.237 e. The smallest absolute Gasteiger partial charge is 0.237 e. The van der Waals surface area contributed by atoms with Gasteiger partial charge in [-0.05, 0) is 0 Å². The number of thiol groups is 1. The van der Waals surface area contributed by atoms with Crippen molar-refractivity contribution in [3.05, 3.63) is 30.6 Å². The first-order valence-electron chi connectivity index (χ1n) is 5.91. The molecule has 0 amide bonds. The van der Waals surface area contributed by atoms with Crippen LogP contribution in [0.4, 0.5) is 0 Å². The molecule has 5 heteroatoms. The summed E-state index contributed by atoms with van der Waals surface area (Å²) in [4.78, 5) is 12.6. The lowest BCUT2D eigenvalue weighted by atomic mass is 9.82. The highest BCUT2D eigenvalue weighted by atomic mass is 32.1. The van der Waals surface area contributed by atoms with E-state index in [0.717, 1.165) is 0 Å². The molecule has 0 saturated heterocycles. The molecule has 2 atom stereocenters. The second kappa shape index (κ2) is 6.27. The molecule has 19 heavy (non-hydrogen) atoms. The Hall–Kier alpha value is -1.25. The Balaban J connectivity index is 3.31. The summed E-state index contributed by atoms with van der Waals surface area (Å²) in [6.07, 6.45) is 3.54. The number of nitriles is 1. The van der Waals surface area contributed by atoms with E-state index in [-0.39, 0.29) is 9.98 Å². The van der Waals surface area contributed by atoms with E-state index in [0.29, 0.717) is 0 Å². The topological polar surface area (TPSA) is 44.7 Å². The van der Waals surface area contributed by atoms with Gasteiger partial charge in [0, 0.05) is 17.5 Å². The first kappa shape index (κ1) is 15.8. The molecule has 0 N–H and O–H groups in total. The standard InChI is InChI=1S/C14H16N2OS2/c1-14(2,3)12(17)11(10(9-15)13(18)19)16-7-5-4-6-8-16/h4-8,10-11H,1-3H3/p+1. The Labute approximate surface area is 124 Å². The molecule has 0 aromatic carbocycles. The van der Waals surface area contributed by atoms with E-state index in [4.69, 9.17) is 12.2 Å². The molecule has 1 aromatic heterocycles. The van der Waals surface area contributed by atoms with Gasteiger partial charge in [-0.1, -0.05) is 39.1 Å². The van der Waals surface area contributed by atoms with Gasteiger partial charge < -0.3 is 0 Å². The number of carbonyl (C=O) groups excluding carboxylic acids is 1. The minimum atomic E-state index is -0.725. The zero-order valence-corrected chi connectivity index (χ0v) is 12.9. The fourth-order valence-corrected chi connectivity index (χ4v) is 2.14. The number of nitrogens with zero attached hydrogens (tertiary/aromatic N) is 2. The molecule has 1 heterocycles. The second-order valence-corrected chi connectivity index (χ2v) is 6.55. The largest absolute Gasteiger partial charge is 0.292 e. The molecule has 0 aliphatic carbocycles. The van der Waals surface area contributed by atoms with Gasteiger partial charge in [0.2, 0.25) is 11.8 Å². The van der Waals surface area contributed by atoms with Crippen molar-refractivity contribution in [2.45, 2.75) is 26.8 Å². The Morgan fingerprint density at radius 2 is 1.84 bits per heavy atom. The molecule has 0 bridgehead atoms. The molecule has 3 nitrogen and oxygen atoms in total. The van der Waals surface area contributed by atoms with Crippen LogP contribution in [0, 0.1) is 22.7 Å². The van der Waals surface area contributed by atoms with Crippen molar-refractivity contribution in [1.82, 2.24) is 0 Å². The van der Waals surface area contributed by atoms with E-state index >= 15 is 0 Å². The van der Waals surface area contributed by atoms with E-state index in [1.165, 1.54) is 0 Å². The molecular weight excluding hydrogens is 276 g/mol. The van der Waals surface area contributed by atoms with Gasteiger partial charge in [-0.2, -0.15) is 9.83 Å². The SMILES string of the molecule is CC(C)(C)C(=O)C(C(C#N)C(=S)S)[n+]1ccccc1. The lowest BCUT2D eigenvalue weighted by molar-refractivity contribution is -0.712. The van der Waals surface area contributed by atoms with Gasteiger partial charge in [0.05, 0.1) is 10.3 Å². The predicted molar refractivity (Wildman–Crippen MR) is 80.8 cm³/mol. The number of aromatic nitrogens is 1. The molecule has 1 aromatic rings. The van der Waals surface area contributed by atoms with Crippen molar-refractivity contribution in [3.63, 3.8) is 0 Å². The van der Waals surface area contributed by atoms with Gasteiger partial charge in [0.25, 0.3) is 0 Å². The number of thiocarbonyl (C=S) groups is 1. The molecule has 0 saturated carbocycles. The molecule has 0 spiro atoms. The number of hydrogen-bond donors (Lipinski definition) is 1. The summed E-state index contributed by atoms with van der Waals surface area (Å²) in [5, 5.41) is 9.29. The van der Waals surface area contributed by atoms with Crippen LogP contribution in [-0.4, -0.2) is 9.98 Å². The number of carbonyl (C=O) groups is 1. The monoisotopic (exact) mass is 293 g/mol. The van der Waals surface area contributed by atoms with Crippen molar-refractivity contribution < 1.29 is 9.36 Å². The summed E-state index contributed by atoms with van der Waals surface area (Å²) in [6.45, 7) is 5.51. The predicted octanol–water partition coefficient (Wildman–Crippen LogP) is 2.53. The van der Waals surface area contributed by atoms with E-state index < -0.39 is 17.4 Å². The van der Waals surface area contributed by atoms with Crippen LogP contribution in [0.5, 0.6) is 0 Å². The van der Waals surface area contributed by atoms with Crippen LogP contribution in [0.15, 0.2) is 30.6 Å². The maximum absolute atomic E-state index is 12.6. The zero-order chi connectivity index (χ0) is 14.6. The fourth-order valence-electron chi connectivity index (χ4n) is 1.76. The normalized spacial score (nSPS) is 14.3. The molecule has 0 fully saturated rings. The highest BCUT2D eigenvalue weighted by Gasteiger charge is 2.43. The summed E-state index contributed by atoms with van der Waals surface area (Å²) >= 11 is 9.11. The first-order valence-corrected chi connectivity index (χ1v) is 6.77. The molecule has 100 valence electrons. The van der Waals surface area contributed by atoms with Gasteiger partial charge >= 0.3 is 0 Å². The van der Waals surface area contributed by atoms with Crippen LogP contribution in [-0.2, 0) is 4.79 Å². The second-order valence-electron chi connectivity index (χ2n) is 5.33. The third kappa shape index (κ3) is 3.85. The fraction of sp³-hybridized carbons (Fsp3) is 0.429. The third-order valence-corrected chi connectivity index (χ3v) is 3.32. The molecule has 0 aliphatic rings. The Kier molecular flexibility index (Phi) is 5.21. The number of rotatable bonds is 4. The Morgan fingerprint density at radius 1 is 1.32 bits per heavy atom. The quantitative estimate of drug-likeness (QED) is 0.527. The van der Waals surface area contributed by atoms with Crippen molar-refractivity contribution in [1.29, 1.82) is 5.26 Å². The van der Waals surface area contributed by atoms with E-state index in [1.807, 2.05) is 39.0 Å². The zero-order valence-electron chi connectivity index (χ0n) is 11.2.